The summed E-state index contributed by atoms with van der Waals surface area (Å²) in [5.41, 5.74) is -0.0765. The van der Waals surface area contributed by atoms with Crippen LogP contribution in [0.4, 0.5) is 5.69 Å². The summed E-state index contributed by atoms with van der Waals surface area (Å²) in [6.07, 6.45) is 0. The summed E-state index contributed by atoms with van der Waals surface area (Å²) in [5.74, 6) is 0. The van der Waals surface area contributed by atoms with Gasteiger partial charge in [0.2, 0.25) is 0 Å². The van der Waals surface area contributed by atoms with Gasteiger partial charge in [-0.05, 0) is 25.6 Å². The molecule has 1 aromatic carbocycles. The Morgan fingerprint density at radius 1 is 1.35 bits per heavy atom. The number of hydrogen-bond donors (Lipinski definition) is 0. The highest BCUT2D eigenvalue weighted by Gasteiger charge is 2.18. The van der Waals surface area contributed by atoms with Gasteiger partial charge < -0.3 is 9.93 Å². The van der Waals surface area contributed by atoms with E-state index in [-0.39, 0.29) is 0 Å². The van der Waals surface area contributed by atoms with Crippen molar-refractivity contribution in [1.82, 2.24) is 0 Å². The van der Waals surface area contributed by atoms with Crippen molar-refractivity contribution in [3.63, 3.8) is 0 Å². The summed E-state index contributed by atoms with van der Waals surface area (Å²) in [6.45, 7) is 3.14. The minimum atomic E-state index is -4.14. The molecule has 1 rings (SSSR count). The predicted molar refractivity (Wildman–Crippen MR) is 62.4 cm³/mol. The van der Waals surface area contributed by atoms with E-state index in [2.05, 4.69) is 9.93 Å². The maximum atomic E-state index is 11.7. The molecule has 7 nitrogen and oxygen atoms in total. The number of sulfonamides is 1. The number of para-hydroxylation sites is 1. The molecule has 0 aromatic heterocycles. The molecule has 0 saturated carbocycles. The van der Waals surface area contributed by atoms with Crippen LogP contribution in [0.15, 0.2) is 34.3 Å². The third kappa shape index (κ3) is 3.25. The number of rotatable bonds is 4. The SMILES string of the molecule is CC(C)=N[N-]S(=O)(=O)c1ccccc1[N+](=O)[O-]. The molecule has 0 fully saturated rings. The van der Waals surface area contributed by atoms with Gasteiger partial charge in [-0.1, -0.05) is 12.1 Å². The Bertz CT molecular complexity index is 561. The maximum Gasteiger partial charge on any atom is 0.286 e. The molecule has 0 aliphatic heterocycles. The van der Waals surface area contributed by atoms with Crippen LogP contribution in [-0.4, -0.2) is 19.1 Å². The van der Waals surface area contributed by atoms with Gasteiger partial charge in [0.15, 0.2) is 0 Å². The van der Waals surface area contributed by atoms with Crippen LogP contribution >= 0.6 is 0 Å². The van der Waals surface area contributed by atoms with E-state index in [9.17, 15) is 18.5 Å². The molecule has 1 aromatic rings. The summed E-state index contributed by atoms with van der Waals surface area (Å²) < 4.78 is 23.4. The van der Waals surface area contributed by atoms with Crippen molar-refractivity contribution >= 4 is 21.4 Å². The minimum Gasteiger partial charge on any atom is -0.490 e. The van der Waals surface area contributed by atoms with Gasteiger partial charge in [-0.15, -0.1) is 0 Å². The molecule has 0 atom stereocenters. The molecular formula is C9H10N3O4S-. The Balaban J connectivity index is 3.24. The molecule has 8 heteroatoms. The Hall–Kier alpha value is -1.96. The number of hydrogen-bond acceptors (Lipinski definition) is 5. The van der Waals surface area contributed by atoms with E-state index >= 15 is 0 Å². The average Bonchev–Trinajstić information content (AvgIpc) is 2.26. The standard InChI is InChI=1S/C9H10N3O4S/c1-7(2)10-11-17(15,16)9-6-4-3-5-8(9)12(13)14/h3-6H,1-2H3/q-1. The van der Waals surface area contributed by atoms with Crippen molar-refractivity contribution < 1.29 is 13.3 Å². The first kappa shape index (κ1) is 13.1. The van der Waals surface area contributed by atoms with E-state index in [4.69, 9.17) is 0 Å². The van der Waals surface area contributed by atoms with Gasteiger partial charge in [-0.25, -0.2) is 8.42 Å². The zero-order valence-corrected chi connectivity index (χ0v) is 10.0. The van der Waals surface area contributed by atoms with E-state index in [0.717, 1.165) is 12.1 Å². The van der Waals surface area contributed by atoms with E-state index in [1.807, 2.05) is 0 Å². The molecule has 0 radical (unpaired) electrons. The first-order chi connectivity index (χ1) is 7.84. The Labute approximate surface area is 98.4 Å². The highest BCUT2D eigenvalue weighted by molar-refractivity contribution is 7.94. The quantitative estimate of drug-likeness (QED) is 0.467. The van der Waals surface area contributed by atoms with Gasteiger partial charge in [0.1, 0.15) is 14.9 Å². The third-order valence-corrected chi connectivity index (χ3v) is 2.89. The highest BCUT2D eigenvalue weighted by Crippen LogP contribution is 2.27. The fraction of sp³-hybridized carbons (Fsp3) is 0.222. The fourth-order valence-corrected chi connectivity index (χ4v) is 2.02. The minimum absolute atomic E-state index is 0.437. The number of benzene rings is 1. The molecule has 0 amide bonds. The van der Waals surface area contributed by atoms with Crippen LogP contribution in [0.1, 0.15) is 13.8 Å². The average molecular weight is 256 g/mol. The summed E-state index contributed by atoms with van der Waals surface area (Å²) in [6, 6.07) is 4.99. The normalized spacial score (nSPS) is 10.7. The topological polar surface area (TPSA) is 104 Å². The van der Waals surface area contributed by atoms with Gasteiger partial charge in [0.25, 0.3) is 5.69 Å². The molecule has 0 N–H and O–H groups in total. The molecule has 0 aliphatic carbocycles. The monoisotopic (exact) mass is 256 g/mol. The lowest BCUT2D eigenvalue weighted by molar-refractivity contribution is -0.387. The number of nitro groups is 1. The third-order valence-electron chi connectivity index (χ3n) is 1.69. The van der Waals surface area contributed by atoms with Crippen molar-refractivity contribution in [2.24, 2.45) is 5.10 Å². The fourth-order valence-electron chi connectivity index (χ4n) is 1.01. The Morgan fingerprint density at radius 2 is 1.94 bits per heavy atom. The van der Waals surface area contributed by atoms with E-state index in [1.54, 1.807) is 13.8 Å². The molecule has 0 heterocycles. The smallest absolute Gasteiger partial charge is 0.286 e. The zero-order valence-electron chi connectivity index (χ0n) is 9.19. The Morgan fingerprint density at radius 3 is 2.47 bits per heavy atom. The summed E-state index contributed by atoms with van der Waals surface area (Å²) in [4.78, 5) is 12.6. The van der Waals surface area contributed by atoms with Gasteiger partial charge in [0, 0.05) is 6.07 Å². The van der Waals surface area contributed by atoms with Gasteiger partial charge in [0.05, 0.1) is 4.92 Å². The number of nitro benzene ring substituents is 1. The predicted octanol–water partition coefficient (Wildman–Crippen LogP) is 2.05. The van der Waals surface area contributed by atoms with Crippen LogP contribution < -0.4 is 0 Å². The zero-order chi connectivity index (χ0) is 13.1. The van der Waals surface area contributed by atoms with Crippen LogP contribution in [0.25, 0.3) is 4.83 Å². The second kappa shape index (κ2) is 4.91. The second-order valence-corrected chi connectivity index (χ2v) is 4.88. The first-order valence-corrected chi connectivity index (χ1v) is 6.00. The van der Waals surface area contributed by atoms with E-state index in [1.165, 1.54) is 12.1 Å². The highest BCUT2D eigenvalue weighted by atomic mass is 32.2. The summed E-state index contributed by atoms with van der Waals surface area (Å²) >= 11 is 0. The molecule has 0 unspecified atom stereocenters. The summed E-state index contributed by atoms with van der Waals surface area (Å²) in [7, 11) is -4.14. The van der Waals surface area contributed by atoms with Gasteiger partial charge in [-0.2, -0.15) is 0 Å². The van der Waals surface area contributed by atoms with Gasteiger partial charge >= 0.3 is 0 Å². The van der Waals surface area contributed by atoms with E-state index < -0.39 is 25.5 Å². The molecule has 17 heavy (non-hydrogen) atoms. The summed E-state index contributed by atoms with van der Waals surface area (Å²) in [5, 5.41) is 14.1. The lowest BCUT2D eigenvalue weighted by Gasteiger charge is -2.16. The molecular weight excluding hydrogens is 246 g/mol. The lowest BCUT2D eigenvalue weighted by atomic mass is 10.3. The molecule has 0 spiro atoms. The van der Waals surface area contributed by atoms with Crippen molar-refractivity contribution in [2.45, 2.75) is 18.7 Å². The van der Waals surface area contributed by atoms with Crippen LogP contribution in [-0.2, 0) is 10.0 Å². The Kier molecular flexibility index (Phi) is 3.79. The van der Waals surface area contributed by atoms with Crippen molar-refractivity contribution in [2.75, 3.05) is 0 Å². The molecule has 92 valence electrons. The maximum absolute atomic E-state index is 11.7. The number of nitrogens with zero attached hydrogens (tertiary/aromatic N) is 3. The van der Waals surface area contributed by atoms with Gasteiger partial charge in [-0.3, -0.25) is 10.1 Å². The van der Waals surface area contributed by atoms with Crippen LogP contribution in [0.2, 0.25) is 0 Å². The van der Waals surface area contributed by atoms with Crippen molar-refractivity contribution in [3.05, 3.63) is 39.2 Å². The van der Waals surface area contributed by atoms with Crippen molar-refractivity contribution in [3.8, 4) is 0 Å². The molecule has 0 saturated heterocycles. The van der Waals surface area contributed by atoms with E-state index in [0.29, 0.717) is 5.71 Å². The van der Waals surface area contributed by atoms with Crippen LogP contribution in [0.5, 0.6) is 0 Å². The molecule has 0 aliphatic rings. The molecule has 0 bridgehead atoms. The largest absolute Gasteiger partial charge is 0.490 e. The second-order valence-electron chi connectivity index (χ2n) is 3.33. The lowest BCUT2D eigenvalue weighted by Crippen LogP contribution is -2.02. The van der Waals surface area contributed by atoms with Crippen LogP contribution in [0.3, 0.4) is 0 Å². The van der Waals surface area contributed by atoms with Crippen LogP contribution in [0, 0.1) is 10.1 Å². The first-order valence-electron chi connectivity index (χ1n) is 4.56. The van der Waals surface area contributed by atoms with Crippen molar-refractivity contribution in [1.29, 1.82) is 0 Å².